The molecule has 0 atom stereocenters. The summed E-state index contributed by atoms with van der Waals surface area (Å²) in [6, 6.07) is 6.68. The maximum absolute atomic E-state index is 12.0. The molecule has 6 heteroatoms. The van der Waals surface area contributed by atoms with E-state index in [9.17, 15) is 14.7 Å². The summed E-state index contributed by atoms with van der Waals surface area (Å²) in [5.74, 6) is 0. The number of aromatic nitrogens is 1. The number of fused-ring (bicyclic) bond motifs is 1. The highest BCUT2D eigenvalue weighted by Gasteiger charge is 2.28. The third-order valence-electron chi connectivity index (χ3n) is 2.56. The third kappa shape index (κ3) is 2.90. The number of amides is 2. The maximum atomic E-state index is 12.0. The lowest BCUT2D eigenvalue weighted by molar-refractivity contribution is 0.0582. The van der Waals surface area contributed by atoms with Crippen LogP contribution in [0.1, 0.15) is 20.8 Å². The van der Waals surface area contributed by atoms with Crippen LogP contribution >= 0.6 is 0 Å². The lowest BCUT2D eigenvalue weighted by Gasteiger charge is -2.24. The molecular formula is C14H16N2O4. The minimum absolute atomic E-state index is 0.249. The fraction of sp³-hybridized carbons (Fsp3) is 0.286. The normalized spacial score (nSPS) is 11.3. The van der Waals surface area contributed by atoms with E-state index < -0.39 is 17.8 Å². The molecule has 0 saturated heterocycles. The molecule has 1 aromatic heterocycles. The number of nitrogens with one attached hydrogen (secondary N) is 1. The van der Waals surface area contributed by atoms with Crippen molar-refractivity contribution >= 4 is 28.8 Å². The van der Waals surface area contributed by atoms with Gasteiger partial charge in [0.05, 0.1) is 5.69 Å². The number of hydrogen-bond donors (Lipinski definition) is 2. The predicted molar refractivity (Wildman–Crippen MR) is 75.0 cm³/mol. The van der Waals surface area contributed by atoms with Crippen molar-refractivity contribution in [3.8, 4) is 0 Å². The first-order valence-corrected chi connectivity index (χ1v) is 6.11. The summed E-state index contributed by atoms with van der Waals surface area (Å²) in [5.41, 5.74) is 0.352. The number of H-pyrrole nitrogens is 1. The second-order valence-electron chi connectivity index (χ2n) is 5.35. The van der Waals surface area contributed by atoms with Gasteiger partial charge in [0, 0.05) is 17.1 Å². The summed E-state index contributed by atoms with van der Waals surface area (Å²) in [6.45, 7) is 5.04. The molecule has 0 radical (unpaired) electrons. The molecule has 20 heavy (non-hydrogen) atoms. The minimum atomic E-state index is -1.38. The molecule has 1 heterocycles. The summed E-state index contributed by atoms with van der Waals surface area (Å²) in [5, 5.41) is 10.1. The third-order valence-corrected chi connectivity index (χ3v) is 2.56. The van der Waals surface area contributed by atoms with Gasteiger partial charge in [0.15, 0.2) is 0 Å². The Labute approximate surface area is 116 Å². The number of carbonyl (C=O) groups excluding carboxylic acids is 1. The Bertz CT molecular complexity index is 654. The summed E-state index contributed by atoms with van der Waals surface area (Å²) >= 11 is 0. The zero-order valence-corrected chi connectivity index (χ0v) is 11.5. The van der Waals surface area contributed by atoms with Crippen molar-refractivity contribution in [3.63, 3.8) is 0 Å². The Balaban J connectivity index is 2.37. The van der Waals surface area contributed by atoms with Gasteiger partial charge in [0.25, 0.3) is 0 Å². The minimum Gasteiger partial charge on any atom is -0.464 e. The van der Waals surface area contributed by atoms with Gasteiger partial charge in [-0.1, -0.05) is 0 Å². The Morgan fingerprint density at radius 3 is 2.55 bits per heavy atom. The van der Waals surface area contributed by atoms with Crippen molar-refractivity contribution in [1.82, 2.24) is 4.98 Å². The first-order valence-electron chi connectivity index (χ1n) is 6.11. The van der Waals surface area contributed by atoms with Crippen molar-refractivity contribution in [2.75, 3.05) is 4.90 Å². The highest BCUT2D eigenvalue weighted by atomic mass is 16.6. The number of nitrogens with zero attached hydrogens (tertiary/aromatic N) is 1. The number of ether oxygens (including phenoxy) is 1. The number of rotatable bonds is 1. The van der Waals surface area contributed by atoms with Crippen LogP contribution in [-0.2, 0) is 4.74 Å². The van der Waals surface area contributed by atoms with Crippen LogP contribution in [0.2, 0.25) is 0 Å². The number of hydrogen-bond acceptors (Lipinski definition) is 3. The fourth-order valence-electron chi connectivity index (χ4n) is 1.78. The van der Waals surface area contributed by atoms with Crippen molar-refractivity contribution in [2.45, 2.75) is 26.4 Å². The van der Waals surface area contributed by atoms with E-state index in [4.69, 9.17) is 4.74 Å². The van der Waals surface area contributed by atoms with Gasteiger partial charge in [-0.15, -0.1) is 0 Å². The molecular weight excluding hydrogens is 260 g/mol. The largest absolute Gasteiger partial charge is 0.464 e. The van der Waals surface area contributed by atoms with Gasteiger partial charge < -0.3 is 14.8 Å². The van der Waals surface area contributed by atoms with Gasteiger partial charge in [0.1, 0.15) is 5.60 Å². The molecule has 0 bridgehead atoms. The first kappa shape index (κ1) is 13.9. The van der Waals surface area contributed by atoms with Gasteiger partial charge in [-0.25, -0.2) is 9.59 Å². The second-order valence-corrected chi connectivity index (χ2v) is 5.35. The highest BCUT2D eigenvalue weighted by molar-refractivity contribution is 6.09. The van der Waals surface area contributed by atoms with Gasteiger partial charge in [-0.2, -0.15) is 4.90 Å². The van der Waals surface area contributed by atoms with E-state index in [0.29, 0.717) is 4.90 Å². The van der Waals surface area contributed by atoms with E-state index in [1.165, 1.54) is 0 Å². The summed E-state index contributed by atoms with van der Waals surface area (Å²) in [4.78, 5) is 26.9. The number of benzene rings is 1. The summed E-state index contributed by atoms with van der Waals surface area (Å²) < 4.78 is 5.11. The molecule has 0 saturated carbocycles. The molecule has 0 spiro atoms. The summed E-state index contributed by atoms with van der Waals surface area (Å²) in [6.07, 6.45) is -0.554. The number of carbonyl (C=O) groups is 2. The van der Waals surface area contributed by atoms with Crippen LogP contribution in [0.25, 0.3) is 10.9 Å². The highest BCUT2D eigenvalue weighted by Crippen LogP contribution is 2.23. The van der Waals surface area contributed by atoms with E-state index in [1.54, 1.807) is 51.2 Å². The molecule has 2 aromatic rings. The molecule has 0 unspecified atom stereocenters. The smallest absolute Gasteiger partial charge is 0.424 e. The van der Waals surface area contributed by atoms with E-state index in [2.05, 4.69) is 4.98 Å². The molecule has 2 rings (SSSR count). The van der Waals surface area contributed by atoms with Gasteiger partial charge >= 0.3 is 12.2 Å². The Hall–Kier alpha value is -2.50. The molecule has 1 aromatic carbocycles. The lowest BCUT2D eigenvalue weighted by atomic mass is 10.2. The summed E-state index contributed by atoms with van der Waals surface area (Å²) in [7, 11) is 0. The molecule has 0 aliphatic heterocycles. The monoisotopic (exact) mass is 276 g/mol. The van der Waals surface area contributed by atoms with Gasteiger partial charge in [-0.3, -0.25) is 0 Å². The number of carboxylic acid groups (broad SMARTS) is 1. The average Bonchev–Trinajstić information content (AvgIpc) is 2.73. The molecule has 0 fully saturated rings. The van der Waals surface area contributed by atoms with Crippen LogP contribution in [0.3, 0.4) is 0 Å². The van der Waals surface area contributed by atoms with E-state index in [1.807, 2.05) is 0 Å². The molecule has 6 nitrogen and oxygen atoms in total. The molecule has 0 aliphatic carbocycles. The molecule has 106 valence electrons. The van der Waals surface area contributed by atoms with Gasteiger partial charge in [-0.05, 0) is 45.0 Å². The predicted octanol–water partition coefficient (Wildman–Crippen LogP) is 3.59. The van der Waals surface area contributed by atoms with Crippen LogP contribution in [0.4, 0.5) is 15.3 Å². The standard InChI is InChI=1S/C14H16N2O4/c1-14(2,3)20-13(19)16(12(17)18)10-4-5-11-9(8-10)6-7-15-11/h4-8,15H,1-3H3,(H,17,18). The Morgan fingerprint density at radius 1 is 1.25 bits per heavy atom. The quantitative estimate of drug-likeness (QED) is 0.833. The van der Waals surface area contributed by atoms with Crippen LogP contribution in [0.15, 0.2) is 30.5 Å². The Kier molecular flexibility index (Phi) is 3.40. The van der Waals surface area contributed by atoms with Crippen LogP contribution in [0.5, 0.6) is 0 Å². The maximum Gasteiger partial charge on any atom is 0.424 e. The zero-order valence-electron chi connectivity index (χ0n) is 11.5. The number of anilines is 1. The van der Waals surface area contributed by atoms with Crippen molar-refractivity contribution in [1.29, 1.82) is 0 Å². The topological polar surface area (TPSA) is 82.6 Å². The van der Waals surface area contributed by atoms with E-state index in [-0.39, 0.29) is 5.69 Å². The SMILES string of the molecule is CC(C)(C)OC(=O)N(C(=O)O)c1ccc2[nH]ccc2c1. The lowest BCUT2D eigenvalue weighted by Crippen LogP contribution is -2.40. The van der Waals surface area contributed by atoms with E-state index in [0.717, 1.165) is 10.9 Å². The van der Waals surface area contributed by atoms with Crippen LogP contribution < -0.4 is 4.90 Å². The average molecular weight is 276 g/mol. The van der Waals surface area contributed by atoms with Gasteiger partial charge in [0.2, 0.25) is 0 Å². The zero-order chi connectivity index (χ0) is 14.9. The molecule has 2 N–H and O–H groups in total. The van der Waals surface area contributed by atoms with Crippen LogP contribution in [-0.4, -0.2) is 27.9 Å². The van der Waals surface area contributed by atoms with Crippen molar-refractivity contribution < 1.29 is 19.4 Å². The number of imide groups is 1. The van der Waals surface area contributed by atoms with Crippen molar-refractivity contribution in [3.05, 3.63) is 30.5 Å². The van der Waals surface area contributed by atoms with Crippen LogP contribution in [0, 0.1) is 0 Å². The Morgan fingerprint density at radius 2 is 1.95 bits per heavy atom. The fourth-order valence-corrected chi connectivity index (χ4v) is 1.78. The van der Waals surface area contributed by atoms with E-state index >= 15 is 0 Å². The molecule has 2 amide bonds. The number of aromatic amines is 1. The molecule has 0 aliphatic rings. The van der Waals surface area contributed by atoms with Crippen molar-refractivity contribution in [2.24, 2.45) is 0 Å². The second kappa shape index (κ2) is 4.88. The first-order chi connectivity index (χ1) is 9.28.